The predicted molar refractivity (Wildman–Crippen MR) is 96.9 cm³/mol. The minimum Gasteiger partial charge on any atom is -0.477 e. The van der Waals surface area contributed by atoms with E-state index in [1.54, 1.807) is 12.2 Å². The van der Waals surface area contributed by atoms with E-state index >= 15 is 0 Å². The van der Waals surface area contributed by atoms with Crippen LogP contribution in [0.3, 0.4) is 0 Å². The minimum absolute atomic E-state index is 0.0578. The van der Waals surface area contributed by atoms with Crippen LogP contribution in [0.25, 0.3) is 0 Å². The first-order chi connectivity index (χ1) is 12.3. The summed E-state index contributed by atoms with van der Waals surface area (Å²) in [4.78, 5) is 23.3. The molecule has 1 N–H and O–H groups in total. The van der Waals surface area contributed by atoms with Crippen LogP contribution in [-0.2, 0) is 9.59 Å². The number of carbonyl (C=O) groups is 2. The number of fused-ring (bicyclic) bond motifs is 5. The Bertz CT molecular complexity index is 882. The Hall–Kier alpha value is -2.41. The molecule has 0 radical (unpaired) electrons. The van der Waals surface area contributed by atoms with Crippen molar-refractivity contribution in [3.63, 3.8) is 0 Å². The summed E-state index contributed by atoms with van der Waals surface area (Å²) in [5, 5.41) is 18.8. The van der Waals surface area contributed by atoms with Gasteiger partial charge in [-0.15, -0.1) is 0 Å². The number of nitrogens with zero attached hydrogens (tertiary/aromatic N) is 1. The molecule has 4 rings (SSSR count). The van der Waals surface area contributed by atoms with Gasteiger partial charge in [0.15, 0.2) is 5.78 Å². The van der Waals surface area contributed by atoms with Crippen molar-refractivity contribution in [2.24, 2.45) is 22.7 Å². The second-order valence-electron chi connectivity index (χ2n) is 8.45. The fraction of sp³-hybridized carbons (Fsp3) is 0.500. The number of aliphatic carboxylic acids is 1. The maximum absolute atomic E-state index is 11.8. The zero-order valence-electron chi connectivity index (χ0n) is 15.2. The van der Waals surface area contributed by atoms with Crippen molar-refractivity contribution in [2.75, 3.05) is 0 Å². The van der Waals surface area contributed by atoms with E-state index in [0.717, 1.165) is 31.3 Å². The second kappa shape index (κ2) is 5.54. The Balaban J connectivity index is 1.80. The zero-order chi connectivity index (χ0) is 18.7. The molecule has 0 saturated heterocycles. The van der Waals surface area contributed by atoms with Gasteiger partial charge in [-0.2, -0.15) is 5.26 Å². The molecule has 0 heterocycles. The van der Waals surface area contributed by atoms with Gasteiger partial charge in [0.25, 0.3) is 0 Å². The van der Waals surface area contributed by atoms with Crippen molar-refractivity contribution in [3.05, 3.63) is 46.6 Å². The molecule has 4 heteroatoms. The van der Waals surface area contributed by atoms with Gasteiger partial charge in [-0.05, 0) is 74.0 Å². The number of hydrogen-bond acceptors (Lipinski definition) is 3. The van der Waals surface area contributed by atoms with Crippen LogP contribution >= 0.6 is 0 Å². The summed E-state index contributed by atoms with van der Waals surface area (Å²) in [5.41, 5.74) is 2.93. The molecule has 0 amide bonds. The van der Waals surface area contributed by atoms with Crippen molar-refractivity contribution in [1.82, 2.24) is 0 Å². The molecule has 0 unspecified atom stereocenters. The van der Waals surface area contributed by atoms with Gasteiger partial charge < -0.3 is 5.11 Å². The summed E-state index contributed by atoms with van der Waals surface area (Å²) < 4.78 is 0. The number of allylic oxidation sites excluding steroid dienone is 7. The van der Waals surface area contributed by atoms with E-state index < -0.39 is 5.97 Å². The summed E-state index contributed by atoms with van der Waals surface area (Å²) in [6, 6.07) is 1.93. The molecule has 4 aliphatic carbocycles. The summed E-state index contributed by atoms with van der Waals surface area (Å²) in [7, 11) is 0. The van der Waals surface area contributed by atoms with Crippen molar-refractivity contribution >= 4 is 11.8 Å². The van der Waals surface area contributed by atoms with Gasteiger partial charge >= 0.3 is 5.97 Å². The van der Waals surface area contributed by atoms with Crippen LogP contribution in [0.1, 0.15) is 46.0 Å². The zero-order valence-corrected chi connectivity index (χ0v) is 15.2. The average Bonchev–Trinajstić information content (AvgIpc) is 2.93. The third kappa shape index (κ3) is 2.13. The van der Waals surface area contributed by atoms with E-state index in [-0.39, 0.29) is 22.2 Å². The summed E-state index contributed by atoms with van der Waals surface area (Å²) in [6.07, 6.45) is 12.1. The van der Waals surface area contributed by atoms with Crippen LogP contribution in [0.5, 0.6) is 0 Å². The molecule has 0 aromatic carbocycles. The Morgan fingerprint density at radius 3 is 2.77 bits per heavy atom. The van der Waals surface area contributed by atoms with E-state index in [4.69, 9.17) is 0 Å². The van der Waals surface area contributed by atoms with Crippen LogP contribution in [0, 0.1) is 34.0 Å². The molecule has 26 heavy (non-hydrogen) atoms. The summed E-state index contributed by atoms with van der Waals surface area (Å²) in [5.74, 6) is -0.276. The Labute approximate surface area is 153 Å². The fourth-order valence-electron chi connectivity index (χ4n) is 6.00. The summed E-state index contributed by atoms with van der Waals surface area (Å²) in [6.45, 7) is 4.34. The number of ketones is 1. The molecular weight excluding hydrogens is 326 g/mol. The van der Waals surface area contributed by atoms with E-state index in [0.29, 0.717) is 18.3 Å². The summed E-state index contributed by atoms with van der Waals surface area (Å²) >= 11 is 0. The lowest BCUT2D eigenvalue weighted by Crippen LogP contribution is -2.42. The molecular formula is C22H23NO3. The van der Waals surface area contributed by atoms with E-state index in [2.05, 4.69) is 26.0 Å². The van der Waals surface area contributed by atoms with Gasteiger partial charge in [0.05, 0.1) is 0 Å². The lowest BCUT2D eigenvalue weighted by Gasteiger charge is -2.51. The van der Waals surface area contributed by atoms with Crippen LogP contribution in [-0.4, -0.2) is 16.9 Å². The average molecular weight is 349 g/mol. The highest BCUT2D eigenvalue weighted by Crippen LogP contribution is 2.64. The van der Waals surface area contributed by atoms with Crippen LogP contribution in [0.2, 0.25) is 0 Å². The topological polar surface area (TPSA) is 78.2 Å². The number of carbonyl (C=O) groups excluding carboxylic acids is 1. The number of carboxylic acid groups (broad SMARTS) is 1. The molecule has 0 aromatic heterocycles. The van der Waals surface area contributed by atoms with E-state index in [1.807, 2.05) is 6.07 Å². The van der Waals surface area contributed by atoms with Crippen molar-refractivity contribution in [2.45, 2.75) is 46.0 Å². The molecule has 2 saturated carbocycles. The third-order valence-electron chi connectivity index (χ3n) is 7.36. The highest BCUT2D eigenvalue weighted by molar-refractivity contribution is 6.01. The molecule has 0 aromatic rings. The maximum atomic E-state index is 11.8. The fourth-order valence-corrected chi connectivity index (χ4v) is 6.00. The molecule has 4 atom stereocenters. The maximum Gasteiger partial charge on any atom is 0.346 e. The van der Waals surface area contributed by atoms with Crippen LogP contribution in [0.15, 0.2) is 46.6 Å². The highest BCUT2D eigenvalue weighted by Gasteiger charge is 2.54. The molecule has 0 bridgehead atoms. The smallest absolute Gasteiger partial charge is 0.346 e. The predicted octanol–water partition coefficient (Wildman–Crippen LogP) is 4.12. The first-order valence-corrected chi connectivity index (χ1v) is 9.33. The molecule has 0 aliphatic heterocycles. The minimum atomic E-state index is -1.10. The largest absolute Gasteiger partial charge is 0.477 e. The van der Waals surface area contributed by atoms with Crippen LogP contribution in [0.4, 0.5) is 0 Å². The van der Waals surface area contributed by atoms with Crippen molar-refractivity contribution in [3.8, 4) is 6.07 Å². The first kappa shape index (κ1) is 17.0. The van der Waals surface area contributed by atoms with Gasteiger partial charge in [0.2, 0.25) is 0 Å². The van der Waals surface area contributed by atoms with Crippen molar-refractivity contribution in [1.29, 1.82) is 5.26 Å². The number of rotatable bonds is 1. The normalized spacial score (nSPS) is 39.8. The monoisotopic (exact) mass is 349 g/mol. The Morgan fingerprint density at radius 1 is 1.31 bits per heavy atom. The number of carboxylic acids is 1. The lowest BCUT2D eigenvalue weighted by atomic mass is 9.52. The first-order valence-electron chi connectivity index (χ1n) is 9.33. The van der Waals surface area contributed by atoms with Gasteiger partial charge in [0.1, 0.15) is 11.6 Å². The van der Waals surface area contributed by atoms with Gasteiger partial charge in [-0.1, -0.05) is 30.2 Å². The highest BCUT2D eigenvalue weighted by atomic mass is 16.4. The number of nitriles is 1. The number of hydrogen-bond donors (Lipinski definition) is 1. The van der Waals surface area contributed by atoms with Gasteiger partial charge in [-0.3, -0.25) is 4.79 Å². The quantitative estimate of drug-likeness (QED) is 0.439. The molecule has 4 aliphatic rings. The second-order valence-corrected chi connectivity index (χ2v) is 8.45. The SMILES string of the molecule is C[C@]12C=CC(=O)C=C1CC[C@@H]1C2=CC[C@]2(C)C(=C(C#N)C(=O)O)CC[C@@H]12. The molecule has 134 valence electrons. The third-order valence-corrected chi connectivity index (χ3v) is 7.36. The Morgan fingerprint density at radius 2 is 2.08 bits per heavy atom. The van der Waals surface area contributed by atoms with Crippen molar-refractivity contribution < 1.29 is 14.7 Å². The van der Waals surface area contributed by atoms with E-state index in [9.17, 15) is 20.0 Å². The standard InChI is InChI=1S/C22H23NO3/c1-21-9-7-14(24)11-13(21)3-4-15-17-5-6-18(16(12-23)20(25)26)22(17,2)10-8-19(15)21/h7-9,11,15,17H,3-6,10H2,1-2H3,(H,25,26)/t15-,17-,21-,22-/m0/s1. The van der Waals surface area contributed by atoms with Gasteiger partial charge in [0, 0.05) is 5.41 Å². The molecule has 0 spiro atoms. The molecule has 2 fully saturated rings. The van der Waals surface area contributed by atoms with Gasteiger partial charge in [-0.25, -0.2) is 4.79 Å². The Kier molecular flexibility index (Phi) is 3.63. The molecule has 4 nitrogen and oxygen atoms in total. The lowest BCUT2D eigenvalue weighted by molar-refractivity contribution is -0.132. The van der Waals surface area contributed by atoms with E-state index in [1.165, 1.54) is 11.1 Å². The van der Waals surface area contributed by atoms with Crippen LogP contribution < -0.4 is 0 Å².